The molecule has 1 heterocycles. The monoisotopic (exact) mass is 290 g/mol. The molecule has 3 rings (SSSR count). The number of thiophene rings is 1. The van der Waals surface area contributed by atoms with Crippen molar-refractivity contribution < 1.29 is 0 Å². The van der Waals surface area contributed by atoms with E-state index in [1.54, 1.807) is 17.5 Å². The van der Waals surface area contributed by atoms with Crippen LogP contribution in [0.2, 0.25) is 0 Å². The van der Waals surface area contributed by atoms with Crippen LogP contribution in [0, 0.1) is 11.3 Å². The highest BCUT2D eigenvalue weighted by Crippen LogP contribution is 2.27. The van der Waals surface area contributed by atoms with E-state index in [9.17, 15) is 5.26 Å². The Kier molecular flexibility index (Phi) is 3.99. The molecule has 0 saturated heterocycles. The van der Waals surface area contributed by atoms with Gasteiger partial charge in [-0.1, -0.05) is 36.4 Å². The molecule has 0 atom stereocenters. The Morgan fingerprint density at radius 3 is 2.62 bits per heavy atom. The van der Waals surface area contributed by atoms with Crippen LogP contribution in [0.3, 0.4) is 0 Å². The van der Waals surface area contributed by atoms with Gasteiger partial charge in [0.05, 0.1) is 11.6 Å². The van der Waals surface area contributed by atoms with Gasteiger partial charge in [0.2, 0.25) is 0 Å². The number of para-hydroxylation sites is 1. The van der Waals surface area contributed by atoms with E-state index >= 15 is 0 Å². The van der Waals surface area contributed by atoms with E-state index in [0.717, 1.165) is 11.3 Å². The summed E-state index contributed by atoms with van der Waals surface area (Å²) < 4.78 is 1.26. The molecule has 1 aromatic heterocycles. The van der Waals surface area contributed by atoms with Crippen LogP contribution in [-0.4, -0.2) is 0 Å². The summed E-state index contributed by atoms with van der Waals surface area (Å²) in [5.41, 5.74) is 1.71. The van der Waals surface area contributed by atoms with Crippen LogP contribution in [-0.2, 0) is 6.42 Å². The normalized spacial score (nSPS) is 11.3. The number of allylic oxidation sites excluding steroid dienone is 1. The molecule has 0 amide bonds. The first-order valence-electron chi connectivity index (χ1n) is 6.73. The van der Waals surface area contributed by atoms with Gasteiger partial charge in [0.25, 0.3) is 0 Å². The number of fused-ring (bicyclic) bond motifs is 1. The lowest BCUT2D eigenvalue weighted by molar-refractivity contribution is 1.24. The van der Waals surface area contributed by atoms with Crippen LogP contribution >= 0.6 is 11.3 Å². The standard InChI is InChI=1S/C18H14N2S/c19-12-14(13-20-16-7-2-1-3-8-16)10-17-11-15-6-4-5-9-18(15)21-17/h1-9,11,13,20H,10H2. The number of hydrogen-bond acceptors (Lipinski definition) is 3. The number of nitriles is 1. The molecule has 3 aromatic rings. The van der Waals surface area contributed by atoms with Gasteiger partial charge in [-0.3, -0.25) is 0 Å². The van der Waals surface area contributed by atoms with Crippen LogP contribution in [0.25, 0.3) is 10.1 Å². The lowest BCUT2D eigenvalue weighted by Crippen LogP contribution is -1.92. The Labute approximate surface area is 128 Å². The number of anilines is 1. The van der Waals surface area contributed by atoms with Crippen LogP contribution in [0.1, 0.15) is 4.88 Å². The number of rotatable bonds is 4. The fourth-order valence-corrected chi connectivity index (χ4v) is 3.23. The Morgan fingerprint density at radius 1 is 1.10 bits per heavy atom. The van der Waals surface area contributed by atoms with Gasteiger partial charge in [-0.05, 0) is 29.7 Å². The van der Waals surface area contributed by atoms with Crippen molar-refractivity contribution in [2.24, 2.45) is 0 Å². The second-order valence-electron chi connectivity index (χ2n) is 4.72. The SMILES string of the molecule is N#CC(=CNc1ccccc1)Cc1cc2ccccc2s1. The van der Waals surface area contributed by atoms with Crippen LogP contribution in [0.4, 0.5) is 5.69 Å². The summed E-state index contributed by atoms with van der Waals surface area (Å²) in [5, 5.41) is 13.7. The number of hydrogen-bond donors (Lipinski definition) is 1. The molecule has 0 radical (unpaired) electrons. The van der Waals surface area contributed by atoms with Crippen molar-refractivity contribution in [3.8, 4) is 6.07 Å². The topological polar surface area (TPSA) is 35.8 Å². The van der Waals surface area contributed by atoms with Gasteiger partial charge in [0, 0.05) is 27.9 Å². The molecule has 0 spiro atoms. The molecule has 3 heteroatoms. The molecule has 2 nitrogen and oxygen atoms in total. The van der Waals surface area contributed by atoms with E-state index in [1.165, 1.54) is 15.0 Å². The Morgan fingerprint density at radius 2 is 1.86 bits per heavy atom. The summed E-state index contributed by atoms with van der Waals surface area (Å²) >= 11 is 1.74. The summed E-state index contributed by atoms with van der Waals surface area (Å²) in [7, 11) is 0. The predicted molar refractivity (Wildman–Crippen MR) is 89.3 cm³/mol. The molecule has 0 aliphatic carbocycles. The van der Waals surface area contributed by atoms with Gasteiger partial charge in [-0.2, -0.15) is 5.26 Å². The van der Waals surface area contributed by atoms with E-state index < -0.39 is 0 Å². The molecular formula is C18H14N2S. The minimum atomic E-state index is 0.662. The second kappa shape index (κ2) is 6.25. The first kappa shape index (κ1) is 13.4. The summed E-state index contributed by atoms with van der Waals surface area (Å²) in [6.45, 7) is 0. The zero-order valence-electron chi connectivity index (χ0n) is 11.4. The highest BCUT2D eigenvalue weighted by atomic mass is 32.1. The van der Waals surface area contributed by atoms with Crippen molar-refractivity contribution in [2.75, 3.05) is 5.32 Å². The summed E-state index contributed by atoms with van der Waals surface area (Å²) in [6, 6.07) is 22.6. The van der Waals surface area contributed by atoms with Gasteiger partial charge in [0.15, 0.2) is 0 Å². The summed E-state index contributed by atoms with van der Waals surface area (Å²) in [4.78, 5) is 1.21. The number of nitrogens with zero attached hydrogens (tertiary/aromatic N) is 1. The predicted octanol–water partition coefficient (Wildman–Crippen LogP) is 4.96. The fourth-order valence-electron chi connectivity index (χ4n) is 2.14. The number of nitrogens with one attached hydrogen (secondary N) is 1. The fraction of sp³-hybridized carbons (Fsp3) is 0.0556. The van der Waals surface area contributed by atoms with E-state index in [1.807, 2.05) is 42.5 Å². The van der Waals surface area contributed by atoms with Gasteiger partial charge >= 0.3 is 0 Å². The van der Waals surface area contributed by atoms with Crippen molar-refractivity contribution in [1.82, 2.24) is 0 Å². The van der Waals surface area contributed by atoms with E-state index in [-0.39, 0.29) is 0 Å². The molecule has 0 bridgehead atoms. The van der Waals surface area contributed by atoms with Gasteiger partial charge in [0.1, 0.15) is 0 Å². The lowest BCUT2D eigenvalue weighted by Gasteiger charge is -2.01. The highest BCUT2D eigenvalue weighted by Gasteiger charge is 2.04. The molecule has 0 fully saturated rings. The summed E-state index contributed by atoms with van der Waals surface area (Å²) in [5.74, 6) is 0. The summed E-state index contributed by atoms with van der Waals surface area (Å²) in [6.07, 6.45) is 2.45. The van der Waals surface area contributed by atoms with Gasteiger partial charge < -0.3 is 5.32 Å². The molecule has 0 aliphatic rings. The molecule has 0 aliphatic heterocycles. The van der Waals surface area contributed by atoms with Gasteiger partial charge in [-0.15, -0.1) is 11.3 Å². The largest absolute Gasteiger partial charge is 0.361 e. The Balaban J connectivity index is 1.76. The van der Waals surface area contributed by atoms with E-state index in [0.29, 0.717) is 6.42 Å². The zero-order valence-corrected chi connectivity index (χ0v) is 12.2. The van der Waals surface area contributed by atoms with Crippen molar-refractivity contribution in [3.63, 3.8) is 0 Å². The van der Waals surface area contributed by atoms with Crippen molar-refractivity contribution in [3.05, 3.63) is 77.3 Å². The van der Waals surface area contributed by atoms with Crippen LogP contribution in [0.15, 0.2) is 72.4 Å². The number of benzene rings is 2. The third kappa shape index (κ3) is 3.31. The Hall–Kier alpha value is -2.57. The molecular weight excluding hydrogens is 276 g/mol. The average molecular weight is 290 g/mol. The molecule has 0 saturated carbocycles. The first-order valence-corrected chi connectivity index (χ1v) is 7.55. The minimum Gasteiger partial charge on any atom is -0.361 e. The maximum Gasteiger partial charge on any atom is 0.0966 e. The van der Waals surface area contributed by atoms with Crippen molar-refractivity contribution >= 4 is 27.1 Å². The smallest absolute Gasteiger partial charge is 0.0966 e. The molecule has 102 valence electrons. The third-order valence-electron chi connectivity index (χ3n) is 3.17. The maximum absolute atomic E-state index is 9.29. The average Bonchev–Trinajstić information content (AvgIpc) is 2.94. The van der Waals surface area contributed by atoms with Crippen LogP contribution < -0.4 is 5.32 Å². The quantitative estimate of drug-likeness (QED) is 0.689. The van der Waals surface area contributed by atoms with E-state index in [4.69, 9.17) is 0 Å². The van der Waals surface area contributed by atoms with Crippen LogP contribution in [0.5, 0.6) is 0 Å². The molecule has 0 unspecified atom stereocenters. The maximum atomic E-state index is 9.29. The van der Waals surface area contributed by atoms with Crippen molar-refractivity contribution in [1.29, 1.82) is 5.26 Å². The van der Waals surface area contributed by atoms with Gasteiger partial charge in [-0.25, -0.2) is 0 Å². The van der Waals surface area contributed by atoms with E-state index in [2.05, 4.69) is 29.6 Å². The zero-order chi connectivity index (χ0) is 14.5. The first-order chi connectivity index (χ1) is 10.3. The highest BCUT2D eigenvalue weighted by molar-refractivity contribution is 7.19. The molecule has 21 heavy (non-hydrogen) atoms. The molecule has 1 N–H and O–H groups in total. The Bertz CT molecular complexity index is 777. The lowest BCUT2D eigenvalue weighted by atomic mass is 10.2. The minimum absolute atomic E-state index is 0.662. The second-order valence-corrected chi connectivity index (χ2v) is 5.89. The van der Waals surface area contributed by atoms with Crippen molar-refractivity contribution in [2.45, 2.75) is 6.42 Å². The molecule has 2 aromatic carbocycles. The third-order valence-corrected chi connectivity index (χ3v) is 4.29.